The van der Waals surface area contributed by atoms with Gasteiger partial charge in [-0.25, -0.2) is 19.9 Å². The zero-order valence-corrected chi connectivity index (χ0v) is 37.5. The molecule has 4 aromatic heterocycles. The Bertz CT molecular complexity index is 2600. The summed E-state index contributed by atoms with van der Waals surface area (Å²) >= 11 is 4.44. The van der Waals surface area contributed by atoms with Gasteiger partial charge in [0, 0.05) is 53.6 Å². The number of imidazole rings is 2. The highest BCUT2D eigenvalue weighted by atomic mass is 32.2. The minimum absolute atomic E-state index is 0.305. The van der Waals surface area contributed by atoms with Gasteiger partial charge in [0.15, 0.2) is 0 Å². The predicted molar refractivity (Wildman–Crippen MR) is 243 cm³/mol. The molecular formula is C42H51N11O5S3. The van der Waals surface area contributed by atoms with Crippen molar-refractivity contribution in [3.8, 4) is 5.75 Å². The first-order valence-corrected chi connectivity index (χ1v) is 23.1. The molecule has 5 heterocycles. The Balaban J connectivity index is 1.23. The Morgan fingerprint density at radius 1 is 0.852 bits per heavy atom. The molecule has 61 heavy (non-hydrogen) atoms. The van der Waals surface area contributed by atoms with Crippen LogP contribution in [-0.2, 0) is 37.2 Å². The van der Waals surface area contributed by atoms with Gasteiger partial charge in [0.1, 0.15) is 16.1 Å². The van der Waals surface area contributed by atoms with Gasteiger partial charge in [-0.1, -0.05) is 26.0 Å². The highest BCUT2D eigenvalue weighted by Gasteiger charge is 2.23. The van der Waals surface area contributed by atoms with Crippen LogP contribution in [0, 0.1) is 13.8 Å². The van der Waals surface area contributed by atoms with Crippen LogP contribution in [-0.4, -0.2) is 97.4 Å². The number of aromatic nitrogens is 6. The molecule has 0 saturated carbocycles. The topological polar surface area (TPSA) is 210 Å². The van der Waals surface area contributed by atoms with Crippen LogP contribution in [0.5, 0.6) is 5.75 Å². The quantitative estimate of drug-likeness (QED) is 0.0408. The summed E-state index contributed by atoms with van der Waals surface area (Å²) in [5.74, 6) is -0.0277. The number of morpholine rings is 1. The lowest BCUT2D eigenvalue weighted by molar-refractivity contribution is 0.0358. The molecule has 2 aromatic carbocycles. The number of carbonyl (C=O) groups excluding carboxylic acids is 3. The number of thioether (sulfide) groups is 1. The van der Waals surface area contributed by atoms with Crippen molar-refractivity contribution in [2.24, 2.45) is 11.5 Å². The summed E-state index contributed by atoms with van der Waals surface area (Å²) in [5, 5.41) is 8.38. The van der Waals surface area contributed by atoms with Crippen LogP contribution in [0.15, 0.2) is 41.3 Å². The number of benzene rings is 2. The van der Waals surface area contributed by atoms with E-state index in [9.17, 15) is 14.4 Å². The van der Waals surface area contributed by atoms with E-state index in [0.717, 1.165) is 87.9 Å². The molecule has 6 N–H and O–H groups in total. The first-order valence-electron chi connectivity index (χ1n) is 20.2. The van der Waals surface area contributed by atoms with Crippen molar-refractivity contribution in [3.05, 3.63) is 78.7 Å². The van der Waals surface area contributed by atoms with Crippen molar-refractivity contribution in [2.75, 3.05) is 56.3 Å². The SMILES string of the molecule is CCc1nc(C)sc1CNc1nc2cc(C(N)=O)cc(OCCCN3CCOCC3)c2n1C/C=C/Cn1c(NC(=O)c2sc(C)nc2CC)nc2cc(C(N)=O)cc(SC)c21. The number of ether oxygens (including phenoxy) is 2. The number of hydrogen-bond acceptors (Lipinski definition) is 14. The number of carbonyl (C=O) groups is 3. The normalized spacial score (nSPS) is 13.5. The van der Waals surface area contributed by atoms with Crippen LogP contribution < -0.4 is 26.8 Å². The molecule has 19 heteroatoms. The Labute approximate surface area is 366 Å². The maximum absolute atomic E-state index is 13.7. The number of nitrogens with one attached hydrogen (secondary N) is 2. The van der Waals surface area contributed by atoms with Crippen molar-refractivity contribution in [3.63, 3.8) is 0 Å². The average Bonchev–Trinajstić information content (AvgIpc) is 4.01. The van der Waals surface area contributed by atoms with Gasteiger partial charge < -0.3 is 35.4 Å². The molecule has 7 rings (SSSR count). The van der Waals surface area contributed by atoms with E-state index in [1.54, 1.807) is 35.6 Å². The van der Waals surface area contributed by atoms with E-state index in [1.807, 2.05) is 48.3 Å². The van der Waals surface area contributed by atoms with Crippen LogP contribution in [0.2, 0.25) is 0 Å². The fourth-order valence-corrected chi connectivity index (χ4v) is 9.90. The molecule has 0 atom stereocenters. The molecule has 0 unspecified atom stereocenters. The largest absolute Gasteiger partial charge is 0.491 e. The van der Waals surface area contributed by atoms with Crippen LogP contribution >= 0.6 is 34.4 Å². The van der Waals surface area contributed by atoms with Crippen LogP contribution in [0.25, 0.3) is 22.1 Å². The van der Waals surface area contributed by atoms with Crippen molar-refractivity contribution < 1.29 is 23.9 Å². The first kappa shape index (κ1) is 43.7. The third-order valence-electron chi connectivity index (χ3n) is 10.3. The summed E-state index contributed by atoms with van der Waals surface area (Å²) in [6.07, 6.45) is 8.13. The van der Waals surface area contributed by atoms with E-state index < -0.39 is 11.8 Å². The lowest BCUT2D eigenvalue weighted by Gasteiger charge is -2.26. The summed E-state index contributed by atoms with van der Waals surface area (Å²) in [7, 11) is 0. The fourth-order valence-electron chi connectivity index (χ4n) is 7.38. The molecule has 0 spiro atoms. The van der Waals surface area contributed by atoms with E-state index >= 15 is 0 Å². The standard InChI is InChI=1S/C42H51N11O5S3/c1-6-28-34(60-24(3)46-28)23-45-41-48-30-19-26(38(43)54)21-32(58-16-10-11-51-14-17-57-18-15-51)35(30)52(41)12-8-9-13-53-36-31(20-27(39(44)55)22-33(36)59-5)49-42(53)50-40(56)37-29(7-2)47-25(4)61-37/h8-9,19-22H,6-7,10-18,23H2,1-5H3,(H2,43,54)(H2,44,55)(H,45,48)(H,49,50,56)/b9-8+. The van der Waals surface area contributed by atoms with Crippen molar-refractivity contribution >= 4 is 86.1 Å². The number of nitrogens with two attached hydrogens (primary N) is 2. The number of amides is 3. The molecule has 16 nitrogen and oxygen atoms in total. The molecule has 0 radical (unpaired) electrons. The van der Waals surface area contributed by atoms with Crippen LogP contribution in [0.3, 0.4) is 0 Å². The molecule has 322 valence electrons. The van der Waals surface area contributed by atoms with E-state index in [-0.39, 0.29) is 5.91 Å². The number of primary amides is 2. The van der Waals surface area contributed by atoms with Crippen molar-refractivity contribution in [2.45, 2.75) is 71.5 Å². The van der Waals surface area contributed by atoms with Gasteiger partial charge in [-0.05, 0) is 63.6 Å². The molecule has 6 aromatic rings. The first-order chi connectivity index (χ1) is 29.5. The Kier molecular flexibility index (Phi) is 14.0. The summed E-state index contributed by atoms with van der Waals surface area (Å²) in [6, 6.07) is 6.79. The Morgan fingerprint density at radius 3 is 2.15 bits per heavy atom. The molecule has 0 aliphatic carbocycles. The number of thiazole rings is 2. The Morgan fingerprint density at radius 2 is 1.48 bits per heavy atom. The van der Waals surface area contributed by atoms with Gasteiger partial charge in [-0.3, -0.25) is 24.6 Å². The highest BCUT2D eigenvalue weighted by Crippen LogP contribution is 2.34. The average molecular weight is 886 g/mol. The number of anilines is 2. The van der Waals surface area contributed by atoms with Gasteiger partial charge in [0.05, 0.1) is 64.3 Å². The summed E-state index contributed by atoms with van der Waals surface area (Å²) < 4.78 is 15.9. The van der Waals surface area contributed by atoms with Crippen molar-refractivity contribution in [1.82, 2.24) is 34.0 Å². The lowest BCUT2D eigenvalue weighted by atomic mass is 10.1. The number of aryl methyl sites for hydroxylation is 4. The number of allylic oxidation sites excluding steroid dienone is 2. The molecule has 1 aliphatic heterocycles. The van der Waals surface area contributed by atoms with Gasteiger partial charge in [0.25, 0.3) is 5.91 Å². The van der Waals surface area contributed by atoms with Crippen LogP contribution in [0.1, 0.15) is 76.9 Å². The third kappa shape index (κ3) is 9.91. The Hall–Kier alpha value is -5.34. The molecule has 1 fully saturated rings. The lowest BCUT2D eigenvalue weighted by Crippen LogP contribution is -2.37. The maximum atomic E-state index is 13.7. The number of rotatable bonds is 19. The molecule has 0 bridgehead atoms. The maximum Gasteiger partial charge on any atom is 0.269 e. The third-order valence-corrected chi connectivity index (χ3v) is 13.1. The monoisotopic (exact) mass is 885 g/mol. The number of nitrogens with zero attached hydrogens (tertiary/aromatic N) is 7. The second kappa shape index (κ2) is 19.6. The summed E-state index contributed by atoms with van der Waals surface area (Å²) in [5.41, 5.74) is 16.5. The summed E-state index contributed by atoms with van der Waals surface area (Å²) in [4.78, 5) is 62.4. The smallest absolute Gasteiger partial charge is 0.269 e. The molecule has 1 aliphatic rings. The number of hydrogen-bond donors (Lipinski definition) is 4. The second-order valence-corrected chi connectivity index (χ2v) is 17.8. The minimum atomic E-state index is -0.573. The van der Waals surface area contributed by atoms with Gasteiger partial charge in [0.2, 0.25) is 23.7 Å². The fraction of sp³-hybridized carbons (Fsp3) is 0.405. The zero-order chi connectivity index (χ0) is 43.2. The summed E-state index contributed by atoms with van der Waals surface area (Å²) in [6.45, 7) is 13.6. The zero-order valence-electron chi connectivity index (χ0n) is 35.0. The second-order valence-electron chi connectivity index (χ2n) is 14.5. The van der Waals surface area contributed by atoms with E-state index in [1.165, 1.54) is 23.1 Å². The van der Waals surface area contributed by atoms with Gasteiger partial charge in [-0.2, -0.15) is 0 Å². The molecule has 3 amide bonds. The van der Waals surface area contributed by atoms with E-state index in [0.29, 0.717) is 77.3 Å². The van der Waals surface area contributed by atoms with E-state index in [2.05, 4.69) is 27.4 Å². The highest BCUT2D eigenvalue weighted by molar-refractivity contribution is 7.98. The van der Waals surface area contributed by atoms with E-state index in [4.69, 9.17) is 35.9 Å². The molecular weight excluding hydrogens is 835 g/mol. The van der Waals surface area contributed by atoms with Gasteiger partial charge >= 0.3 is 0 Å². The predicted octanol–water partition coefficient (Wildman–Crippen LogP) is 6.18. The number of fused-ring (bicyclic) bond motifs is 2. The van der Waals surface area contributed by atoms with Crippen LogP contribution in [0.4, 0.5) is 11.9 Å². The van der Waals surface area contributed by atoms with Crippen molar-refractivity contribution in [1.29, 1.82) is 0 Å². The molecule has 1 saturated heterocycles. The van der Waals surface area contributed by atoms with Gasteiger partial charge in [-0.15, -0.1) is 34.4 Å². The minimum Gasteiger partial charge on any atom is -0.491 e.